The Morgan fingerprint density at radius 2 is 2.18 bits per heavy atom. The smallest absolute Gasteiger partial charge is 0.228 e. The topological polar surface area (TPSA) is 74.2 Å². The Kier molecular flexibility index (Phi) is 5.52. The van der Waals surface area contributed by atoms with E-state index in [0.29, 0.717) is 25.4 Å². The van der Waals surface area contributed by atoms with Crippen LogP contribution in [0.5, 0.6) is 0 Å². The number of anilines is 1. The molecular weight excluding hydrogens is 352 g/mol. The van der Waals surface area contributed by atoms with Crippen LogP contribution < -0.4 is 5.32 Å². The van der Waals surface area contributed by atoms with Gasteiger partial charge in [0.2, 0.25) is 5.91 Å². The van der Waals surface area contributed by atoms with Crippen LogP contribution in [0.3, 0.4) is 0 Å². The van der Waals surface area contributed by atoms with Crippen molar-refractivity contribution in [1.82, 2.24) is 24.8 Å². The molecule has 7 nitrogen and oxygen atoms in total. The van der Waals surface area contributed by atoms with E-state index in [9.17, 15) is 4.79 Å². The number of hydrogen-bond acceptors (Lipinski definition) is 6. The number of hydrogen-bond donors (Lipinski definition) is 1. The lowest BCUT2D eigenvalue weighted by molar-refractivity contribution is -0.131. The number of aromatic nitrogens is 3. The molecule has 2 aromatic rings. The van der Waals surface area contributed by atoms with Gasteiger partial charge in [-0.2, -0.15) is 0 Å². The fourth-order valence-electron chi connectivity index (χ4n) is 4.18. The van der Waals surface area contributed by atoms with Crippen LogP contribution in [0.1, 0.15) is 41.5 Å². The molecule has 1 amide bonds. The molecule has 2 aliphatic heterocycles. The van der Waals surface area contributed by atoms with Crippen molar-refractivity contribution in [2.45, 2.75) is 38.1 Å². The number of likely N-dealkylation sites (tertiary alicyclic amines) is 1. The fraction of sp³-hybridized carbons (Fsp3) is 0.524. The number of likely N-dealkylation sites (N-methyl/N-ethyl adjacent to an activating group) is 1. The van der Waals surface area contributed by atoms with Crippen LogP contribution in [0, 0.1) is 0 Å². The van der Waals surface area contributed by atoms with Gasteiger partial charge in [0, 0.05) is 49.9 Å². The summed E-state index contributed by atoms with van der Waals surface area (Å²) in [5.74, 6) is 2.30. The van der Waals surface area contributed by atoms with Crippen molar-refractivity contribution in [3.05, 3.63) is 47.2 Å². The summed E-state index contributed by atoms with van der Waals surface area (Å²) in [7, 11) is 4.06. The molecule has 1 unspecified atom stereocenters. The molecule has 0 saturated carbocycles. The molecule has 2 aliphatic rings. The summed E-state index contributed by atoms with van der Waals surface area (Å²) < 4.78 is 0. The highest BCUT2D eigenvalue weighted by atomic mass is 16.2. The second-order valence-electron chi connectivity index (χ2n) is 7.77. The molecular formula is C21H28N6O. The predicted octanol–water partition coefficient (Wildman–Crippen LogP) is 1.85. The minimum absolute atomic E-state index is 0.101. The van der Waals surface area contributed by atoms with Crippen LogP contribution in [0.4, 0.5) is 5.82 Å². The van der Waals surface area contributed by atoms with Crippen molar-refractivity contribution >= 4 is 11.7 Å². The average molecular weight is 380 g/mol. The Hall–Kier alpha value is -2.54. The molecule has 148 valence electrons. The van der Waals surface area contributed by atoms with E-state index in [-0.39, 0.29) is 5.91 Å². The summed E-state index contributed by atoms with van der Waals surface area (Å²) in [6.07, 6.45) is 5.16. The van der Waals surface area contributed by atoms with E-state index >= 15 is 0 Å². The normalized spacial score (nSPS) is 19.9. The van der Waals surface area contributed by atoms with E-state index in [0.717, 1.165) is 54.5 Å². The van der Waals surface area contributed by atoms with Gasteiger partial charge in [-0.15, -0.1) is 0 Å². The van der Waals surface area contributed by atoms with Gasteiger partial charge in [0.15, 0.2) is 0 Å². The lowest BCUT2D eigenvalue weighted by Crippen LogP contribution is -2.38. The van der Waals surface area contributed by atoms with Gasteiger partial charge < -0.3 is 15.1 Å². The van der Waals surface area contributed by atoms with Crippen molar-refractivity contribution in [2.75, 3.05) is 39.0 Å². The highest BCUT2D eigenvalue weighted by molar-refractivity contribution is 5.78. The molecule has 28 heavy (non-hydrogen) atoms. The maximum Gasteiger partial charge on any atom is 0.228 e. The summed E-state index contributed by atoms with van der Waals surface area (Å²) in [6.45, 7) is 3.41. The number of piperidine rings is 1. The number of carbonyl (C=O) groups is 1. The first-order valence-corrected chi connectivity index (χ1v) is 10.1. The highest BCUT2D eigenvalue weighted by Gasteiger charge is 2.28. The van der Waals surface area contributed by atoms with Crippen molar-refractivity contribution in [3.63, 3.8) is 0 Å². The van der Waals surface area contributed by atoms with Gasteiger partial charge in [-0.1, -0.05) is 6.07 Å². The maximum absolute atomic E-state index is 12.7. The van der Waals surface area contributed by atoms with Crippen molar-refractivity contribution in [1.29, 1.82) is 0 Å². The third-order valence-corrected chi connectivity index (χ3v) is 5.72. The van der Waals surface area contributed by atoms with E-state index in [2.05, 4.69) is 22.2 Å². The van der Waals surface area contributed by atoms with Gasteiger partial charge in [-0.25, -0.2) is 9.97 Å². The van der Waals surface area contributed by atoms with Crippen molar-refractivity contribution in [2.24, 2.45) is 0 Å². The largest absolute Gasteiger partial charge is 0.373 e. The molecule has 1 fully saturated rings. The first kappa shape index (κ1) is 18.8. The van der Waals surface area contributed by atoms with Crippen LogP contribution in [-0.2, 0) is 24.2 Å². The third-order valence-electron chi connectivity index (χ3n) is 5.72. The Bertz CT molecular complexity index is 823. The van der Waals surface area contributed by atoms with E-state index in [1.54, 1.807) is 6.20 Å². The Labute approximate surface area is 166 Å². The van der Waals surface area contributed by atoms with Crippen LogP contribution in [0.25, 0.3) is 0 Å². The van der Waals surface area contributed by atoms with E-state index in [1.807, 2.05) is 30.1 Å². The molecule has 0 aromatic carbocycles. The molecule has 0 spiro atoms. The van der Waals surface area contributed by atoms with Crippen LogP contribution in [-0.4, -0.2) is 64.4 Å². The van der Waals surface area contributed by atoms with Crippen LogP contribution in [0.15, 0.2) is 24.4 Å². The summed E-state index contributed by atoms with van der Waals surface area (Å²) in [5.41, 5.74) is 2.95. The van der Waals surface area contributed by atoms with Gasteiger partial charge in [0.05, 0.1) is 18.7 Å². The molecule has 1 N–H and O–H groups in total. The average Bonchev–Trinajstić information content (AvgIpc) is 2.73. The Morgan fingerprint density at radius 3 is 2.93 bits per heavy atom. The Balaban J connectivity index is 1.52. The minimum Gasteiger partial charge on any atom is -0.373 e. The van der Waals surface area contributed by atoms with E-state index < -0.39 is 0 Å². The number of pyridine rings is 1. The van der Waals surface area contributed by atoms with Crippen LogP contribution in [0.2, 0.25) is 0 Å². The third kappa shape index (κ3) is 3.99. The monoisotopic (exact) mass is 380 g/mol. The minimum atomic E-state index is 0.101. The fourth-order valence-corrected chi connectivity index (χ4v) is 4.18. The predicted molar refractivity (Wildman–Crippen MR) is 108 cm³/mol. The Morgan fingerprint density at radius 1 is 1.29 bits per heavy atom. The summed E-state index contributed by atoms with van der Waals surface area (Å²) in [6, 6.07) is 5.67. The molecule has 0 radical (unpaired) electrons. The van der Waals surface area contributed by atoms with Gasteiger partial charge in [0.25, 0.3) is 0 Å². The molecule has 7 heteroatoms. The standard InChI is InChI=1S/C21H28N6O/c1-22-21-17-14-27(19(28)12-16-7-3-4-9-23-16)11-8-18(17)24-20(25-21)15-6-5-10-26(2)13-15/h3-4,7,9,15H,5-6,8,10-14H2,1-2H3,(H,22,24,25). The number of amides is 1. The highest BCUT2D eigenvalue weighted by Crippen LogP contribution is 2.29. The van der Waals surface area contributed by atoms with Gasteiger partial charge in [0.1, 0.15) is 11.6 Å². The van der Waals surface area contributed by atoms with Gasteiger partial charge in [-0.05, 0) is 38.6 Å². The second-order valence-corrected chi connectivity index (χ2v) is 7.77. The van der Waals surface area contributed by atoms with E-state index in [1.165, 1.54) is 6.42 Å². The molecule has 1 atom stereocenters. The van der Waals surface area contributed by atoms with Gasteiger partial charge in [-0.3, -0.25) is 9.78 Å². The zero-order chi connectivity index (χ0) is 19.5. The van der Waals surface area contributed by atoms with Crippen LogP contribution >= 0.6 is 0 Å². The lowest BCUT2D eigenvalue weighted by Gasteiger charge is -2.32. The molecule has 1 saturated heterocycles. The first-order valence-electron chi connectivity index (χ1n) is 10.1. The van der Waals surface area contributed by atoms with Gasteiger partial charge >= 0.3 is 0 Å². The van der Waals surface area contributed by atoms with Crippen molar-refractivity contribution in [3.8, 4) is 0 Å². The van der Waals surface area contributed by atoms with Crippen molar-refractivity contribution < 1.29 is 4.79 Å². The number of rotatable bonds is 4. The zero-order valence-corrected chi connectivity index (χ0v) is 16.7. The molecule has 2 aromatic heterocycles. The summed E-state index contributed by atoms with van der Waals surface area (Å²) >= 11 is 0. The molecule has 4 heterocycles. The molecule has 0 aliphatic carbocycles. The number of nitrogens with one attached hydrogen (secondary N) is 1. The SMILES string of the molecule is CNc1nc(C2CCCN(C)C2)nc2c1CN(C(=O)Cc1ccccn1)CC2. The lowest BCUT2D eigenvalue weighted by atomic mass is 9.96. The summed E-state index contributed by atoms with van der Waals surface area (Å²) in [5, 5.41) is 3.24. The zero-order valence-electron chi connectivity index (χ0n) is 16.7. The quantitative estimate of drug-likeness (QED) is 0.873. The first-order chi connectivity index (χ1) is 13.6. The number of nitrogens with zero attached hydrogens (tertiary/aromatic N) is 5. The second kappa shape index (κ2) is 8.22. The van der Waals surface area contributed by atoms with E-state index in [4.69, 9.17) is 9.97 Å². The maximum atomic E-state index is 12.7. The summed E-state index contributed by atoms with van der Waals surface area (Å²) in [4.78, 5) is 31.0. The molecule has 4 rings (SSSR count). The molecule has 0 bridgehead atoms. The number of carbonyl (C=O) groups excluding carboxylic acids is 1. The number of fused-ring (bicyclic) bond motifs is 1.